The lowest BCUT2D eigenvalue weighted by atomic mass is 9.68. The van der Waals surface area contributed by atoms with E-state index in [1.165, 1.54) is 94.8 Å². The van der Waals surface area contributed by atoms with E-state index in [0.29, 0.717) is 75.2 Å². The maximum atomic E-state index is 14.1. The van der Waals surface area contributed by atoms with Crippen molar-refractivity contribution in [3.8, 4) is 17.2 Å². The third-order valence-electron chi connectivity index (χ3n) is 16.4. The molecular formula is C65H87N3O9S. The zero-order valence-electron chi connectivity index (χ0n) is 46.6. The van der Waals surface area contributed by atoms with Crippen LogP contribution in [-0.4, -0.2) is 61.4 Å². The molecule has 4 aromatic rings. The molecular weight excluding hydrogens is 999 g/mol. The first-order valence-electron chi connectivity index (χ1n) is 29.7. The van der Waals surface area contributed by atoms with Gasteiger partial charge in [-0.15, -0.1) is 0 Å². The number of hydrazone groups is 1. The van der Waals surface area contributed by atoms with Gasteiger partial charge < -0.3 is 23.7 Å². The van der Waals surface area contributed by atoms with Crippen molar-refractivity contribution in [3.63, 3.8) is 0 Å². The number of carbonyl (C=O) groups is 4. The first kappa shape index (κ1) is 59.8. The SMILES string of the molecule is C=CC(=O)OCCCCCCOc1ccc(OC(=O)C2CCC(C(=O)Oc3ccc(C4CCC(C5CCC(CCCCCCC)CC5)CC4)cc3/C=N/N(CCCCCCOC(=O)C=C)c3nc4ccccc4s3)CC2)cc1. The second kappa shape index (κ2) is 32.9. The minimum atomic E-state index is -0.399. The number of aromatic nitrogens is 1. The van der Waals surface area contributed by atoms with Gasteiger partial charge in [0, 0.05) is 24.3 Å². The molecule has 12 nitrogen and oxygen atoms in total. The number of hydrogen-bond acceptors (Lipinski definition) is 13. The topological polar surface area (TPSA) is 143 Å². The average Bonchev–Trinajstić information content (AvgIpc) is 3.94. The van der Waals surface area contributed by atoms with Crippen molar-refractivity contribution in [3.05, 3.63) is 103 Å². The molecule has 3 aliphatic rings. The molecule has 0 atom stereocenters. The Labute approximate surface area is 468 Å². The molecule has 7 rings (SSSR count). The van der Waals surface area contributed by atoms with Gasteiger partial charge in [-0.1, -0.05) is 107 Å². The van der Waals surface area contributed by atoms with E-state index in [2.05, 4.69) is 38.3 Å². The average molecular weight is 1090 g/mol. The molecule has 422 valence electrons. The van der Waals surface area contributed by atoms with Crippen LogP contribution in [0.15, 0.2) is 97.1 Å². The molecule has 1 heterocycles. The van der Waals surface area contributed by atoms with E-state index in [9.17, 15) is 19.2 Å². The summed E-state index contributed by atoms with van der Waals surface area (Å²) in [5, 5.41) is 7.88. The second-order valence-corrected chi connectivity index (χ2v) is 23.0. The highest BCUT2D eigenvalue weighted by atomic mass is 32.1. The first-order valence-corrected chi connectivity index (χ1v) is 30.6. The van der Waals surface area contributed by atoms with Crippen molar-refractivity contribution in [2.45, 2.75) is 180 Å². The van der Waals surface area contributed by atoms with Gasteiger partial charge in [0.1, 0.15) is 17.2 Å². The fraction of sp³-hybridized carbons (Fsp3) is 0.569. The Morgan fingerprint density at radius 1 is 0.628 bits per heavy atom. The van der Waals surface area contributed by atoms with Gasteiger partial charge >= 0.3 is 23.9 Å². The first-order chi connectivity index (χ1) is 38.2. The van der Waals surface area contributed by atoms with Crippen molar-refractivity contribution in [1.82, 2.24) is 4.98 Å². The summed E-state index contributed by atoms with van der Waals surface area (Å²) in [4.78, 5) is 55.1. The highest BCUT2D eigenvalue weighted by Gasteiger charge is 2.34. The van der Waals surface area contributed by atoms with Gasteiger partial charge in [0.2, 0.25) is 5.13 Å². The minimum Gasteiger partial charge on any atom is -0.494 e. The number of carbonyl (C=O) groups excluding carboxylic acids is 4. The zero-order valence-corrected chi connectivity index (χ0v) is 47.4. The van der Waals surface area contributed by atoms with Gasteiger partial charge in [0.25, 0.3) is 0 Å². The molecule has 0 bridgehead atoms. The number of unbranched alkanes of at least 4 members (excludes halogenated alkanes) is 10. The fourth-order valence-electron chi connectivity index (χ4n) is 11.7. The van der Waals surface area contributed by atoms with Gasteiger partial charge in [-0.2, -0.15) is 5.10 Å². The Bertz CT molecular complexity index is 2480. The van der Waals surface area contributed by atoms with Crippen molar-refractivity contribution in [1.29, 1.82) is 0 Å². The Balaban J connectivity index is 0.954. The Hall–Kier alpha value is -5.82. The van der Waals surface area contributed by atoms with Crippen LogP contribution >= 0.6 is 11.3 Å². The molecule has 3 aliphatic carbocycles. The summed E-state index contributed by atoms with van der Waals surface area (Å²) in [5.74, 6) is 2.63. The molecule has 78 heavy (non-hydrogen) atoms. The Kier molecular flexibility index (Phi) is 25.3. The summed E-state index contributed by atoms with van der Waals surface area (Å²) in [5.41, 5.74) is 2.95. The van der Waals surface area contributed by atoms with Gasteiger partial charge in [0.05, 0.1) is 48.1 Å². The predicted octanol–water partition coefficient (Wildman–Crippen LogP) is 15.9. The summed E-state index contributed by atoms with van der Waals surface area (Å²) in [6.07, 6.45) is 32.1. The summed E-state index contributed by atoms with van der Waals surface area (Å²) in [6, 6.07) is 21.6. The Morgan fingerprint density at radius 3 is 1.85 bits per heavy atom. The molecule has 0 N–H and O–H groups in total. The number of fused-ring (bicyclic) bond motifs is 1. The Morgan fingerprint density at radius 2 is 1.21 bits per heavy atom. The molecule has 13 heteroatoms. The van der Waals surface area contributed by atoms with Gasteiger partial charge in [0.15, 0.2) is 0 Å². The molecule has 3 aromatic carbocycles. The highest BCUT2D eigenvalue weighted by Crippen LogP contribution is 2.45. The van der Waals surface area contributed by atoms with Crippen molar-refractivity contribution in [2.75, 3.05) is 31.4 Å². The van der Waals surface area contributed by atoms with E-state index in [1.807, 2.05) is 35.5 Å². The number of nitrogens with zero attached hydrogens (tertiary/aromatic N) is 3. The third kappa shape index (κ3) is 19.5. The van der Waals surface area contributed by atoms with E-state index < -0.39 is 11.9 Å². The van der Waals surface area contributed by atoms with E-state index >= 15 is 0 Å². The maximum Gasteiger partial charge on any atom is 0.330 e. The van der Waals surface area contributed by atoms with Gasteiger partial charge in [-0.25, -0.2) is 19.6 Å². The van der Waals surface area contributed by atoms with E-state index in [1.54, 1.807) is 35.6 Å². The molecule has 1 aromatic heterocycles. The van der Waals surface area contributed by atoms with E-state index in [0.717, 1.165) is 103 Å². The van der Waals surface area contributed by atoms with Crippen molar-refractivity contribution >= 4 is 56.8 Å². The summed E-state index contributed by atoms with van der Waals surface area (Å²) >= 11 is 1.60. The van der Waals surface area contributed by atoms with Crippen molar-refractivity contribution in [2.24, 2.45) is 34.7 Å². The lowest BCUT2D eigenvalue weighted by molar-refractivity contribution is -0.145. The van der Waals surface area contributed by atoms with Gasteiger partial charge in [-0.3, -0.25) is 9.59 Å². The predicted molar refractivity (Wildman–Crippen MR) is 312 cm³/mol. The number of benzene rings is 3. The molecule has 3 fully saturated rings. The third-order valence-corrected chi connectivity index (χ3v) is 17.5. The largest absolute Gasteiger partial charge is 0.494 e. The van der Waals surface area contributed by atoms with Crippen molar-refractivity contribution < 1.29 is 42.9 Å². The number of rotatable bonds is 32. The molecule has 0 aliphatic heterocycles. The van der Waals surface area contributed by atoms with E-state index in [-0.39, 0.29) is 23.8 Å². The summed E-state index contributed by atoms with van der Waals surface area (Å²) in [6.45, 7) is 11.1. The van der Waals surface area contributed by atoms with Crippen LogP contribution in [0.3, 0.4) is 0 Å². The van der Waals surface area contributed by atoms with Crippen LogP contribution in [0.5, 0.6) is 17.2 Å². The number of thiazole rings is 1. The number of esters is 4. The quantitative estimate of drug-likeness (QED) is 0.0115. The minimum absolute atomic E-state index is 0.289. The number of para-hydroxylation sites is 1. The standard InChI is InChI=1S/C65H87N3O9S/c1-4-7-8-9-14-21-48-24-26-49(27-25-48)50-28-30-51(31-29-50)54-36-41-59(55(46-54)47-66-68(42-17-10-11-19-44-74-61(69)5-2)65-67-58-22-15-16-23-60(58)78-65)77-64(72)53-34-32-52(33-35-53)63(71)76-57-39-37-56(38-40-57)73-43-18-12-13-20-45-75-62(70)6-3/h5-6,15-16,22-23,36-41,46-53H,2-4,7-14,17-21,24-35,42-45H2,1H3/b66-47+. The lowest BCUT2D eigenvalue weighted by Crippen LogP contribution is -2.30. The monoisotopic (exact) mass is 1090 g/mol. The molecule has 0 spiro atoms. The zero-order chi connectivity index (χ0) is 54.7. The van der Waals surface area contributed by atoms with Crippen LogP contribution in [0.1, 0.15) is 191 Å². The van der Waals surface area contributed by atoms with Crippen LogP contribution in [0.25, 0.3) is 10.2 Å². The molecule has 0 saturated heterocycles. The van der Waals surface area contributed by atoms with Crippen LogP contribution < -0.4 is 19.2 Å². The highest BCUT2D eigenvalue weighted by molar-refractivity contribution is 7.22. The summed E-state index contributed by atoms with van der Waals surface area (Å²) in [7, 11) is 0. The van der Waals surface area contributed by atoms with E-state index in [4.69, 9.17) is 33.8 Å². The molecule has 0 unspecified atom stereocenters. The number of anilines is 1. The smallest absolute Gasteiger partial charge is 0.330 e. The molecule has 3 saturated carbocycles. The van der Waals surface area contributed by atoms with Crippen LogP contribution in [0.2, 0.25) is 0 Å². The maximum absolute atomic E-state index is 14.1. The fourth-order valence-corrected chi connectivity index (χ4v) is 12.7. The van der Waals surface area contributed by atoms with Crippen LogP contribution in [-0.2, 0) is 28.7 Å². The number of hydrogen-bond donors (Lipinski definition) is 0. The van der Waals surface area contributed by atoms with Crippen LogP contribution in [0, 0.1) is 29.6 Å². The summed E-state index contributed by atoms with van der Waals surface area (Å²) < 4.78 is 29.3. The normalized spacial score (nSPS) is 20.4. The lowest BCUT2D eigenvalue weighted by Gasteiger charge is -2.38. The number of ether oxygens (including phenoxy) is 5. The van der Waals surface area contributed by atoms with Gasteiger partial charge in [-0.05, 0) is 187 Å². The molecule has 0 amide bonds. The molecule has 0 radical (unpaired) electrons. The van der Waals surface area contributed by atoms with Crippen LogP contribution in [0.4, 0.5) is 5.13 Å². The second-order valence-electron chi connectivity index (χ2n) is 22.0.